The summed E-state index contributed by atoms with van der Waals surface area (Å²) in [6.45, 7) is -0.647. The van der Waals surface area contributed by atoms with Crippen molar-refractivity contribution in [3.05, 3.63) is 6.33 Å². The normalized spacial score (nSPS) is 27.3. The SMILES string of the molecule is Nc1nc(S(=O)(=O)C(F)(F)F)nc2c1ncn2[C@@H]1O[C@H](CO)C(O)C1O. The van der Waals surface area contributed by atoms with Gasteiger partial charge >= 0.3 is 15.3 Å². The third-order valence-electron chi connectivity index (χ3n) is 3.76. The molecule has 0 amide bonds. The number of alkyl halides is 3. The number of aliphatic hydroxyl groups excluding tert-OH is 3. The maximum absolute atomic E-state index is 12.7. The van der Waals surface area contributed by atoms with Crippen LogP contribution in [0.25, 0.3) is 11.2 Å². The number of ether oxygens (including phenoxy) is 1. The summed E-state index contributed by atoms with van der Waals surface area (Å²) in [5.74, 6) is -0.636. The van der Waals surface area contributed by atoms with Gasteiger partial charge in [0.15, 0.2) is 17.7 Å². The van der Waals surface area contributed by atoms with E-state index >= 15 is 0 Å². The Bertz CT molecular complexity index is 948. The Kier molecular flexibility index (Phi) is 4.31. The van der Waals surface area contributed by atoms with Crippen molar-refractivity contribution in [2.75, 3.05) is 12.3 Å². The first-order chi connectivity index (χ1) is 12.0. The predicted octanol–water partition coefficient (Wildman–Crippen LogP) is -1.69. The van der Waals surface area contributed by atoms with Crippen molar-refractivity contribution in [1.82, 2.24) is 19.5 Å². The molecule has 4 atom stereocenters. The van der Waals surface area contributed by atoms with Gasteiger partial charge in [-0.3, -0.25) is 4.57 Å². The van der Waals surface area contributed by atoms with E-state index in [1.54, 1.807) is 0 Å². The van der Waals surface area contributed by atoms with Crippen molar-refractivity contribution in [3.8, 4) is 0 Å². The molecule has 0 spiro atoms. The number of hydrogen-bond donors (Lipinski definition) is 4. The molecule has 144 valence electrons. The van der Waals surface area contributed by atoms with Gasteiger partial charge in [0.05, 0.1) is 12.9 Å². The number of sulfone groups is 1. The molecule has 2 aromatic rings. The Morgan fingerprint density at radius 2 is 1.92 bits per heavy atom. The number of fused-ring (bicyclic) bond motifs is 1. The van der Waals surface area contributed by atoms with E-state index in [1.807, 2.05) is 0 Å². The maximum Gasteiger partial charge on any atom is 0.505 e. The zero-order valence-electron chi connectivity index (χ0n) is 12.6. The lowest BCUT2D eigenvalue weighted by atomic mass is 10.1. The van der Waals surface area contributed by atoms with Crippen LogP contribution in [0, 0.1) is 0 Å². The fourth-order valence-electron chi connectivity index (χ4n) is 2.44. The first-order valence-electron chi connectivity index (χ1n) is 6.93. The van der Waals surface area contributed by atoms with E-state index in [-0.39, 0.29) is 5.52 Å². The third kappa shape index (κ3) is 2.67. The number of halogens is 3. The van der Waals surface area contributed by atoms with Crippen LogP contribution in [0.1, 0.15) is 6.23 Å². The Morgan fingerprint density at radius 1 is 1.27 bits per heavy atom. The maximum atomic E-state index is 12.7. The number of imidazole rings is 1. The van der Waals surface area contributed by atoms with Crippen molar-refractivity contribution in [1.29, 1.82) is 0 Å². The molecule has 5 N–H and O–H groups in total. The average Bonchev–Trinajstić information content (AvgIpc) is 3.09. The largest absolute Gasteiger partial charge is 0.505 e. The van der Waals surface area contributed by atoms with Gasteiger partial charge in [-0.25, -0.2) is 13.4 Å². The summed E-state index contributed by atoms with van der Waals surface area (Å²) in [6, 6.07) is 0. The third-order valence-corrected chi connectivity index (χ3v) is 5.04. The van der Waals surface area contributed by atoms with Crippen molar-refractivity contribution in [3.63, 3.8) is 0 Å². The molecule has 3 rings (SSSR count). The first-order valence-corrected chi connectivity index (χ1v) is 8.41. The molecule has 1 aliphatic rings. The highest BCUT2D eigenvalue weighted by Gasteiger charge is 2.50. The fraction of sp³-hybridized carbons (Fsp3) is 0.545. The Hall–Kier alpha value is -2.07. The zero-order chi connectivity index (χ0) is 19.4. The Labute approximate surface area is 142 Å². The van der Waals surface area contributed by atoms with Crippen molar-refractivity contribution in [2.24, 2.45) is 0 Å². The average molecular weight is 399 g/mol. The monoisotopic (exact) mass is 399 g/mol. The minimum atomic E-state index is -5.88. The van der Waals surface area contributed by atoms with Crippen LogP contribution in [0.15, 0.2) is 11.5 Å². The summed E-state index contributed by atoms with van der Waals surface area (Å²) >= 11 is 0. The van der Waals surface area contributed by atoms with Crippen LogP contribution in [0.5, 0.6) is 0 Å². The van der Waals surface area contributed by atoms with Gasteiger partial charge in [-0.05, 0) is 0 Å². The standard InChI is InChI=1S/C11H12F3N5O6S/c12-11(13,14)26(23,24)10-17-7(15)4-8(18-10)19(2-16-4)9-6(22)5(21)3(1-20)25-9/h2-3,5-6,9,20-22H,1H2,(H2,15,17,18)/t3-,5?,6?,9-/m1/s1. The van der Waals surface area contributed by atoms with E-state index in [0.29, 0.717) is 0 Å². The second-order valence-corrected chi connectivity index (χ2v) is 7.23. The number of hydrogen-bond acceptors (Lipinski definition) is 10. The lowest BCUT2D eigenvalue weighted by molar-refractivity contribution is -0.0511. The molecule has 2 unspecified atom stereocenters. The molecule has 0 radical (unpaired) electrons. The molecule has 0 bridgehead atoms. The first kappa shape index (κ1) is 18.7. The Morgan fingerprint density at radius 3 is 2.46 bits per heavy atom. The van der Waals surface area contributed by atoms with Gasteiger partial charge in [0, 0.05) is 0 Å². The van der Waals surface area contributed by atoms with Crippen LogP contribution >= 0.6 is 0 Å². The summed E-state index contributed by atoms with van der Waals surface area (Å²) in [5, 5.41) is 27.3. The zero-order valence-corrected chi connectivity index (χ0v) is 13.4. The van der Waals surface area contributed by atoms with E-state index in [9.17, 15) is 31.8 Å². The lowest BCUT2D eigenvalue weighted by Gasteiger charge is -2.16. The fourth-order valence-corrected chi connectivity index (χ4v) is 3.07. The van der Waals surface area contributed by atoms with Crippen LogP contribution in [0.2, 0.25) is 0 Å². The lowest BCUT2D eigenvalue weighted by Crippen LogP contribution is -2.33. The van der Waals surface area contributed by atoms with E-state index in [4.69, 9.17) is 15.6 Å². The molecule has 2 aromatic heterocycles. The molecular formula is C11H12F3N5O6S. The van der Waals surface area contributed by atoms with E-state index < -0.39 is 63.1 Å². The molecule has 11 nitrogen and oxygen atoms in total. The van der Waals surface area contributed by atoms with Gasteiger partial charge in [0.25, 0.3) is 5.16 Å². The van der Waals surface area contributed by atoms with Crippen molar-refractivity contribution < 1.29 is 41.6 Å². The van der Waals surface area contributed by atoms with E-state index in [2.05, 4.69) is 15.0 Å². The van der Waals surface area contributed by atoms with Crippen LogP contribution in [-0.4, -0.2) is 73.7 Å². The quantitative estimate of drug-likeness (QED) is 0.436. The molecule has 1 aliphatic heterocycles. The summed E-state index contributed by atoms with van der Waals surface area (Å²) in [7, 11) is -5.88. The number of nitrogens with zero attached hydrogens (tertiary/aromatic N) is 4. The molecule has 0 saturated carbocycles. The predicted molar refractivity (Wildman–Crippen MR) is 76.0 cm³/mol. The van der Waals surface area contributed by atoms with Crippen LogP contribution < -0.4 is 5.73 Å². The Balaban J connectivity index is 2.16. The van der Waals surface area contributed by atoms with Crippen molar-refractivity contribution >= 4 is 26.8 Å². The molecular weight excluding hydrogens is 387 g/mol. The number of rotatable bonds is 3. The molecule has 0 aromatic carbocycles. The molecule has 1 saturated heterocycles. The second kappa shape index (κ2) is 5.98. The molecule has 1 fully saturated rings. The summed E-state index contributed by atoms with van der Waals surface area (Å²) in [4.78, 5) is 10.3. The van der Waals surface area contributed by atoms with Gasteiger partial charge in [-0.15, -0.1) is 0 Å². The molecule has 3 heterocycles. The van der Waals surface area contributed by atoms with Crippen molar-refractivity contribution in [2.45, 2.75) is 35.2 Å². The van der Waals surface area contributed by atoms with Gasteiger partial charge in [0.1, 0.15) is 23.8 Å². The summed E-state index contributed by atoms with van der Waals surface area (Å²) in [6.07, 6.45) is -4.70. The number of anilines is 1. The second-order valence-electron chi connectivity index (χ2n) is 5.39. The highest BCUT2D eigenvalue weighted by molar-refractivity contribution is 7.92. The van der Waals surface area contributed by atoms with Crippen LogP contribution in [0.3, 0.4) is 0 Å². The van der Waals surface area contributed by atoms with Crippen LogP contribution in [-0.2, 0) is 14.6 Å². The van der Waals surface area contributed by atoms with Gasteiger partial charge in [0.2, 0.25) is 0 Å². The molecule has 15 heteroatoms. The summed E-state index contributed by atoms with van der Waals surface area (Å²) < 4.78 is 67.4. The highest BCUT2D eigenvalue weighted by Crippen LogP contribution is 2.34. The number of aromatic nitrogens is 4. The summed E-state index contributed by atoms with van der Waals surface area (Å²) in [5.41, 5.74) is -0.876. The number of nitrogen functional groups attached to an aromatic ring is 1. The van der Waals surface area contributed by atoms with Gasteiger partial charge in [-0.1, -0.05) is 0 Å². The molecule has 0 aliphatic carbocycles. The smallest absolute Gasteiger partial charge is 0.394 e. The number of nitrogens with two attached hydrogens (primary N) is 1. The van der Waals surface area contributed by atoms with E-state index in [0.717, 1.165) is 10.9 Å². The number of aliphatic hydroxyl groups is 3. The minimum absolute atomic E-state index is 0.233. The van der Waals surface area contributed by atoms with Gasteiger partial charge in [-0.2, -0.15) is 23.1 Å². The van der Waals surface area contributed by atoms with Crippen LogP contribution in [0.4, 0.5) is 19.0 Å². The topological polar surface area (TPSA) is 174 Å². The molecule has 26 heavy (non-hydrogen) atoms. The highest BCUT2D eigenvalue weighted by atomic mass is 32.2. The van der Waals surface area contributed by atoms with Gasteiger partial charge < -0.3 is 25.8 Å². The van der Waals surface area contributed by atoms with E-state index in [1.165, 1.54) is 0 Å². The minimum Gasteiger partial charge on any atom is -0.394 e.